The second-order valence-electron chi connectivity index (χ2n) is 6.32. The molecule has 4 nitrogen and oxygen atoms in total. The van der Waals surface area contributed by atoms with Crippen molar-refractivity contribution in [3.63, 3.8) is 0 Å². The number of H-pyrrole nitrogens is 2. The van der Waals surface area contributed by atoms with Crippen LogP contribution in [0.25, 0.3) is 11.2 Å². The molecule has 5 aromatic rings. The van der Waals surface area contributed by atoms with Gasteiger partial charge in [-0.3, -0.25) is 4.98 Å². The number of hydrogen-bond acceptors (Lipinski definition) is 2. The van der Waals surface area contributed by atoms with Gasteiger partial charge in [0.1, 0.15) is 15.9 Å². The van der Waals surface area contributed by atoms with E-state index in [1.807, 2.05) is 0 Å². The number of nitrogens with one attached hydrogen (secondary N) is 2. The normalized spacial score (nSPS) is 10.2. The second kappa shape index (κ2) is 11.1. The Hall–Kier alpha value is -2.40. The van der Waals surface area contributed by atoms with Crippen LogP contribution >= 0.6 is 7.92 Å². The van der Waals surface area contributed by atoms with Crippen LogP contribution in [0.1, 0.15) is 0 Å². The molecule has 0 spiro atoms. The van der Waals surface area contributed by atoms with Gasteiger partial charge in [-0.1, -0.05) is 54.6 Å². The summed E-state index contributed by atoms with van der Waals surface area (Å²) < 4.78 is 0.728. The van der Waals surface area contributed by atoms with E-state index < -0.39 is 7.92 Å². The van der Waals surface area contributed by atoms with Gasteiger partial charge in [-0.15, -0.1) is 0 Å². The van der Waals surface area contributed by atoms with E-state index in [4.69, 9.17) is 0 Å². The largest absolute Gasteiger partial charge is 0.329 e. The van der Waals surface area contributed by atoms with Gasteiger partial charge in [-0.25, -0.2) is 9.97 Å². The summed E-state index contributed by atoms with van der Waals surface area (Å²) in [4.78, 5) is 13.7. The first-order valence-electron chi connectivity index (χ1n) is 9.25. The van der Waals surface area contributed by atoms with Crippen LogP contribution < -0.4 is 15.9 Å². The number of hydrogen-bond donors (Lipinski definition) is 2. The van der Waals surface area contributed by atoms with Crippen LogP contribution in [-0.2, 0) is 34.6 Å². The molecule has 0 aliphatic carbocycles. The quantitative estimate of drug-likeness (QED) is 0.108. The Bertz CT molecular complexity index is 1130. The van der Waals surface area contributed by atoms with Gasteiger partial charge >= 0.3 is 4.64 Å². The third-order valence-corrected chi connectivity index (χ3v) is 7.50. The van der Waals surface area contributed by atoms with Crippen LogP contribution in [0.15, 0.2) is 104 Å². The minimum Gasteiger partial charge on any atom is -0.329 e. The average molecular weight is 613 g/mol. The molecule has 0 amide bonds. The molecule has 5 rings (SSSR count). The summed E-state index contributed by atoms with van der Waals surface area (Å²) >= 11 is 4.14. The number of aromatic nitrogens is 4. The first kappa shape index (κ1) is 22.3. The van der Waals surface area contributed by atoms with Crippen LogP contribution in [-0.4, -0.2) is 19.9 Å². The van der Waals surface area contributed by atoms with E-state index in [1.165, 1.54) is 15.9 Å². The van der Waals surface area contributed by atoms with E-state index in [0.717, 1.165) is 15.8 Å². The van der Waals surface area contributed by atoms with Crippen molar-refractivity contribution in [2.75, 3.05) is 0 Å². The number of thiol groups is 1. The molecule has 0 bridgehead atoms. The number of aromatic amines is 2. The SMILES string of the molecule is [Au].[SH+]=c1[nH]cnc2[nH]cnc12.c1ccc([PH+](c2ccccc2)c2ccccc2)cc1. The summed E-state index contributed by atoms with van der Waals surface area (Å²) in [7, 11) is -0.877. The summed E-state index contributed by atoms with van der Waals surface area (Å²) in [6.07, 6.45) is 3.16. The van der Waals surface area contributed by atoms with Gasteiger partial charge in [-0.2, -0.15) is 0 Å². The minimum absolute atomic E-state index is 0. The zero-order valence-corrected chi connectivity index (χ0v) is 20.0. The Morgan fingerprint density at radius 3 is 1.47 bits per heavy atom. The predicted octanol–water partition coefficient (Wildman–Crippen LogP) is 3.27. The van der Waals surface area contributed by atoms with Crippen LogP contribution in [0.5, 0.6) is 0 Å². The maximum Gasteiger partial charge on any atom is 0.323 e. The van der Waals surface area contributed by atoms with Crippen molar-refractivity contribution in [3.8, 4) is 0 Å². The van der Waals surface area contributed by atoms with Crippen molar-refractivity contribution >= 4 is 47.2 Å². The van der Waals surface area contributed by atoms with Crippen molar-refractivity contribution in [2.24, 2.45) is 0 Å². The molecule has 0 fully saturated rings. The first-order valence-corrected chi connectivity index (χ1v) is 11.2. The predicted molar refractivity (Wildman–Crippen MR) is 127 cm³/mol. The van der Waals surface area contributed by atoms with Gasteiger partial charge in [0.05, 0.1) is 20.6 Å². The standard InChI is InChI=1S/C18H15P.C5H4N4S.Au/c1-4-10-16(11-5-1)19(17-12-6-2-7-13-17)18-14-8-3-9-15-18;10-5-3-4(7-1-6-3)8-2-9-5;/h1-15H;1-2H,(H2,6,7,8,9,10);/p+2. The maximum atomic E-state index is 4.14. The van der Waals surface area contributed by atoms with E-state index in [1.54, 1.807) is 12.7 Å². The van der Waals surface area contributed by atoms with Crippen molar-refractivity contribution in [3.05, 3.63) is 108 Å². The Morgan fingerprint density at radius 1 is 0.600 bits per heavy atom. The maximum absolute atomic E-state index is 4.14. The minimum atomic E-state index is -0.877. The Labute approximate surface area is 197 Å². The van der Waals surface area contributed by atoms with Crippen LogP contribution in [0, 0.1) is 4.64 Å². The second-order valence-corrected chi connectivity index (χ2v) is 9.25. The molecule has 0 aliphatic rings. The van der Waals surface area contributed by atoms with E-state index in [2.05, 4.69) is 123 Å². The van der Waals surface area contributed by atoms with Gasteiger partial charge in [0.15, 0.2) is 23.4 Å². The number of imidazole rings is 1. The van der Waals surface area contributed by atoms with Crippen molar-refractivity contribution in [2.45, 2.75) is 0 Å². The molecule has 0 atom stereocenters. The zero-order valence-electron chi connectivity index (χ0n) is 16.0. The smallest absolute Gasteiger partial charge is 0.323 e. The van der Waals surface area contributed by atoms with Gasteiger partial charge in [0, 0.05) is 22.4 Å². The Balaban J connectivity index is 0.000000197. The molecule has 7 heteroatoms. The Morgan fingerprint density at radius 2 is 1.03 bits per heavy atom. The van der Waals surface area contributed by atoms with Gasteiger partial charge < -0.3 is 4.98 Å². The fourth-order valence-corrected chi connectivity index (χ4v) is 5.90. The van der Waals surface area contributed by atoms with E-state index in [0.29, 0.717) is 0 Å². The molecule has 0 aliphatic heterocycles. The molecular formula is C23H21AuN4PS+2. The third-order valence-electron chi connectivity index (χ3n) is 4.43. The molecule has 0 saturated carbocycles. The molecule has 30 heavy (non-hydrogen) atoms. The van der Waals surface area contributed by atoms with Crippen molar-refractivity contribution in [1.29, 1.82) is 0 Å². The van der Waals surface area contributed by atoms with Gasteiger partial charge in [0.2, 0.25) is 0 Å². The summed E-state index contributed by atoms with van der Waals surface area (Å²) in [6, 6.07) is 32.5. The molecule has 2 aromatic heterocycles. The number of nitrogens with zero attached hydrogens (tertiary/aromatic N) is 2. The Kier molecular flexibility index (Phi) is 8.26. The van der Waals surface area contributed by atoms with Crippen LogP contribution in [0.4, 0.5) is 0 Å². The number of fused-ring (bicyclic) bond motifs is 1. The molecule has 0 unspecified atom stereocenters. The van der Waals surface area contributed by atoms with E-state index >= 15 is 0 Å². The van der Waals surface area contributed by atoms with Crippen LogP contribution in [0.3, 0.4) is 0 Å². The molecule has 1 radical (unpaired) electrons. The van der Waals surface area contributed by atoms with Gasteiger partial charge in [0.25, 0.3) is 0 Å². The van der Waals surface area contributed by atoms with E-state index in [9.17, 15) is 0 Å². The van der Waals surface area contributed by atoms with Gasteiger partial charge in [-0.05, 0) is 36.4 Å². The first-order chi connectivity index (χ1) is 14.3. The molecule has 2 heterocycles. The molecule has 0 saturated heterocycles. The topological polar surface area (TPSA) is 57.4 Å². The number of rotatable bonds is 3. The summed E-state index contributed by atoms with van der Waals surface area (Å²) in [5.74, 6) is 0. The fourth-order valence-electron chi connectivity index (χ4n) is 3.10. The van der Waals surface area contributed by atoms with Crippen molar-refractivity contribution in [1.82, 2.24) is 19.9 Å². The third kappa shape index (κ3) is 5.39. The molecule has 3 aromatic carbocycles. The summed E-state index contributed by atoms with van der Waals surface area (Å²) in [6.45, 7) is 0. The molecule has 2 N–H and O–H groups in total. The molecular weight excluding hydrogens is 592 g/mol. The summed E-state index contributed by atoms with van der Waals surface area (Å²) in [5, 5.41) is 4.31. The van der Waals surface area contributed by atoms with Crippen molar-refractivity contribution < 1.29 is 22.4 Å². The average Bonchev–Trinajstić information content (AvgIpc) is 3.27. The van der Waals surface area contributed by atoms with E-state index in [-0.39, 0.29) is 22.4 Å². The monoisotopic (exact) mass is 613 g/mol. The fraction of sp³-hybridized carbons (Fsp3) is 0. The number of benzene rings is 3. The molecule has 153 valence electrons. The summed E-state index contributed by atoms with van der Waals surface area (Å²) in [5.41, 5.74) is 1.52. The van der Waals surface area contributed by atoms with Crippen LogP contribution in [0.2, 0.25) is 0 Å². The zero-order chi connectivity index (χ0) is 19.9.